The number of nitrogens with one attached hydrogen (secondary N) is 4. The van der Waals surface area contributed by atoms with Crippen LogP contribution >= 0.6 is 0 Å². The van der Waals surface area contributed by atoms with Crippen LogP contribution in [0.2, 0.25) is 0 Å². The van der Waals surface area contributed by atoms with E-state index in [0.717, 1.165) is 23.0 Å². The molecular formula is C78H106N8O15. The van der Waals surface area contributed by atoms with E-state index in [4.69, 9.17) is 18.9 Å². The van der Waals surface area contributed by atoms with Crippen molar-refractivity contribution < 1.29 is 72.0 Å². The molecule has 4 aromatic rings. The number of methoxy groups -OCH3 is 2. The summed E-state index contributed by atoms with van der Waals surface area (Å²) in [6, 6.07) is 27.7. The van der Waals surface area contributed by atoms with E-state index in [1.54, 1.807) is 87.8 Å². The number of benzene rings is 4. The number of piperidine rings is 1. The van der Waals surface area contributed by atoms with Crippen LogP contribution in [0.25, 0.3) is 0 Å². The summed E-state index contributed by atoms with van der Waals surface area (Å²) in [5.41, 5.74) is 2.30. The third-order valence-corrected chi connectivity index (χ3v) is 18.5. The molecule has 0 bridgehead atoms. The van der Waals surface area contributed by atoms with Crippen molar-refractivity contribution in [1.29, 1.82) is 0 Å². The van der Waals surface area contributed by atoms with Gasteiger partial charge >= 0.3 is 11.9 Å². The van der Waals surface area contributed by atoms with Crippen molar-refractivity contribution in [3.05, 3.63) is 162 Å². The second-order valence-corrected chi connectivity index (χ2v) is 27.3. The van der Waals surface area contributed by atoms with Gasteiger partial charge in [0, 0.05) is 84.8 Å². The molecule has 23 nitrogen and oxygen atoms in total. The predicted octanol–water partition coefficient (Wildman–Crippen LogP) is 8.65. The summed E-state index contributed by atoms with van der Waals surface area (Å²) in [6.45, 7) is 14.4. The van der Waals surface area contributed by atoms with Gasteiger partial charge in [-0.1, -0.05) is 131 Å². The third-order valence-electron chi connectivity index (χ3n) is 18.5. The monoisotopic (exact) mass is 1390 g/mol. The number of unbranched alkanes of at least 4 members (excludes halogenated alkanes) is 1. The van der Waals surface area contributed by atoms with Gasteiger partial charge in [0.1, 0.15) is 55.0 Å². The number of likely N-dealkylation sites (N-methyl/N-ethyl adjacent to an activating group) is 2. The van der Waals surface area contributed by atoms with Crippen LogP contribution in [0.4, 0.5) is 5.69 Å². The number of aliphatic hydroxyl groups is 1. The summed E-state index contributed by atoms with van der Waals surface area (Å²) in [6.07, 6.45) is 5.79. The van der Waals surface area contributed by atoms with Gasteiger partial charge in [-0.2, -0.15) is 0 Å². The second-order valence-electron chi connectivity index (χ2n) is 27.3. The van der Waals surface area contributed by atoms with Crippen LogP contribution in [0, 0.1) is 17.3 Å². The lowest BCUT2D eigenvalue weighted by Gasteiger charge is -2.36. The Labute approximate surface area is 595 Å². The molecule has 1 fully saturated rings. The van der Waals surface area contributed by atoms with E-state index >= 15 is 4.79 Å². The van der Waals surface area contributed by atoms with Crippen LogP contribution in [-0.4, -0.2) is 175 Å². The van der Waals surface area contributed by atoms with Crippen LogP contribution in [0.1, 0.15) is 159 Å². The van der Waals surface area contributed by atoms with Gasteiger partial charge < -0.3 is 59.6 Å². The number of amides is 7. The molecular weight excluding hydrogens is 1290 g/mol. The van der Waals surface area contributed by atoms with Gasteiger partial charge in [0.25, 0.3) is 5.91 Å². The van der Waals surface area contributed by atoms with Crippen molar-refractivity contribution in [2.45, 2.75) is 181 Å². The Balaban J connectivity index is 1.21. The lowest BCUT2D eigenvalue weighted by molar-refractivity contribution is -0.165. The molecule has 548 valence electrons. The Kier molecular flexibility index (Phi) is 32.4. The Hall–Kier alpha value is -9.06. The number of ether oxygens (including phenoxy) is 4. The number of rotatable bonds is 39. The zero-order valence-corrected chi connectivity index (χ0v) is 60.5. The number of carbonyl (C=O) groups excluding carboxylic acids is 10. The Morgan fingerprint density at radius 2 is 1.46 bits per heavy atom. The average Bonchev–Trinajstić information content (AvgIpc) is 0.811. The molecule has 0 spiro atoms. The number of ketones is 1. The quantitative estimate of drug-likeness (QED) is 0.0121. The van der Waals surface area contributed by atoms with Crippen molar-refractivity contribution in [1.82, 2.24) is 35.6 Å². The molecule has 101 heavy (non-hydrogen) atoms. The van der Waals surface area contributed by atoms with Crippen LogP contribution in [0.3, 0.4) is 0 Å². The minimum atomic E-state index is -1.41. The summed E-state index contributed by atoms with van der Waals surface area (Å²) in [4.78, 5) is 146. The molecule has 2 aliphatic rings. The molecule has 8 atom stereocenters. The molecule has 1 heterocycles. The number of allylic oxidation sites excluding steroid dienone is 1. The number of nitrogens with zero attached hydrogens (tertiary/aromatic N) is 4. The summed E-state index contributed by atoms with van der Waals surface area (Å²) in [7, 11) is 6.45. The third kappa shape index (κ3) is 24.9. The van der Waals surface area contributed by atoms with E-state index < -0.39 is 95.1 Å². The van der Waals surface area contributed by atoms with E-state index in [1.807, 2.05) is 88.4 Å². The minimum Gasteiger partial charge on any atom is -0.499 e. The van der Waals surface area contributed by atoms with Crippen LogP contribution in [0.5, 0.6) is 0 Å². The van der Waals surface area contributed by atoms with Crippen molar-refractivity contribution in [3.63, 3.8) is 0 Å². The molecule has 5 N–H and O–H groups in total. The highest BCUT2D eigenvalue weighted by molar-refractivity contribution is 6.38. The fourth-order valence-corrected chi connectivity index (χ4v) is 12.3. The molecule has 0 radical (unpaired) electrons. The fourth-order valence-electron chi connectivity index (χ4n) is 12.3. The molecule has 1 aliphatic carbocycles. The minimum absolute atomic E-state index is 0.0278. The van der Waals surface area contributed by atoms with Gasteiger partial charge in [-0.25, -0.2) is 9.59 Å². The van der Waals surface area contributed by atoms with E-state index in [1.165, 1.54) is 28.5 Å². The fraction of sp³-hybridized carbons (Fsp3) is 0.513. The highest BCUT2D eigenvalue weighted by Gasteiger charge is 2.43. The van der Waals surface area contributed by atoms with Gasteiger partial charge in [-0.15, -0.1) is 0 Å². The van der Waals surface area contributed by atoms with Crippen molar-refractivity contribution >= 4 is 64.8 Å². The van der Waals surface area contributed by atoms with Crippen molar-refractivity contribution in [3.8, 4) is 0 Å². The normalized spacial score (nSPS) is 16.7. The SMILES string of the molecule is C=CC(=O)OCC(C)(C)C(=O)C(=O)N1CCCC[C@H]1C(=O)O[C@H](CCC1CC=C(OC)C(OC)C1)c1cccc(NC(=O)CCC(=O)N[C@H](C(=O)N[C@@H](Cc2ccc(CNC(O)Cc3ccccc3)cc2)C(=O)N(CCCC)CC(=O)N(C)[C@@H](CC(C)C)C(=O)N(C)CC)c2ccccc2)c1. The van der Waals surface area contributed by atoms with Gasteiger partial charge in [0.2, 0.25) is 41.2 Å². The summed E-state index contributed by atoms with van der Waals surface area (Å²) in [5, 5.41) is 22.6. The van der Waals surface area contributed by atoms with Crippen molar-refractivity contribution in [2.24, 2.45) is 17.3 Å². The molecule has 3 unspecified atom stereocenters. The summed E-state index contributed by atoms with van der Waals surface area (Å²) in [5.74, 6) is -5.49. The topological polar surface area (TPSA) is 289 Å². The van der Waals surface area contributed by atoms with E-state index in [0.29, 0.717) is 99.7 Å². The number of esters is 2. The Morgan fingerprint density at radius 3 is 2.11 bits per heavy atom. The van der Waals surface area contributed by atoms with Gasteiger partial charge in [-0.05, 0) is 136 Å². The highest BCUT2D eigenvalue weighted by Crippen LogP contribution is 2.35. The average molecular weight is 1400 g/mol. The zero-order valence-electron chi connectivity index (χ0n) is 60.5. The second kappa shape index (κ2) is 40.4. The first kappa shape index (κ1) is 80.9. The zero-order chi connectivity index (χ0) is 73.8. The van der Waals surface area contributed by atoms with Gasteiger partial charge in [0.05, 0.1) is 19.1 Å². The molecule has 6 rings (SSSR count). The smallest absolute Gasteiger partial charge is 0.330 e. The predicted molar refractivity (Wildman–Crippen MR) is 383 cm³/mol. The lowest BCUT2D eigenvalue weighted by atomic mass is 9.86. The molecule has 0 aromatic heterocycles. The van der Waals surface area contributed by atoms with Gasteiger partial charge in [-0.3, -0.25) is 43.7 Å². The molecule has 1 saturated heterocycles. The number of hydrogen-bond acceptors (Lipinski definition) is 16. The maximum Gasteiger partial charge on any atom is 0.330 e. The van der Waals surface area contributed by atoms with E-state index in [9.17, 15) is 48.3 Å². The van der Waals surface area contributed by atoms with Crippen molar-refractivity contribution in [2.75, 3.05) is 66.4 Å². The number of Topliss-reactive ketones (excluding diaryl/α,β-unsaturated/α-hetero) is 1. The van der Waals surface area contributed by atoms with E-state index in [2.05, 4.69) is 27.8 Å². The van der Waals surface area contributed by atoms with Crippen LogP contribution in [0.15, 0.2) is 134 Å². The van der Waals surface area contributed by atoms with E-state index in [-0.39, 0.29) is 75.8 Å². The Morgan fingerprint density at radius 1 is 0.792 bits per heavy atom. The molecule has 7 amide bonds. The number of likely N-dealkylation sites (tertiary alicyclic amines) is 1. The number of carbonyl (C=O) groups is 10. The maximum absolute atomic E-state index is 15.2. The van der Waals surface area contributed by atoms with Crippen LogP contribution < -0.4 is 21.3 Å². The van der Waals surface area contributed by atoms with Gasteiger partial charge in [0.15, 0.2) is 0 Å². The standard InChI is InChI=1S/C78H106N8O15/c1-12-15-42-85(50-69(90)84(9)62(44-52(4)5)75(95)83(8)14-3)74(94)60(45-54-32-34-56(35-33-54)49-79-68(89)47-53-25-18-16-19-26-53)81-73(93)71(57-27-20-17-21-28-57)82-67(88)41-40-66(87)80-59-30-24-29-58(48-59)63(38-36-55-37-39-64(98-10)65(46-55)99-11)101-77(97)61-31-22-23-43-86(61)76(96)72(92)78(6,7)51-100-70(91)13-2/h13,16-21,24-30,32-35,39,48,52,55,60-63,65,68,71,79,89H,2,12,14-15,22-23,31,36-38,40-47,49-51H2,1,3-11H3,(H,80,87)(H,81,93)(H,82,88)/t55?,60-,61-,62-,63+,65?,68?,71-/m0/s1. The number of hydrogen-bond donors (Lipinski definition) is 5. The first-order chi connectivity index (χ1) is 48.3. The number of aliphatic hydroxyl groups excluding tert-OH is 1. The lowest BCUT2D eigenvalue weighted by Crippen LogP contribution is -2.56. The first-order valence-electron chi connectivity index (χ1n) is 35.3. The maximum atomic E-state index is 15.2. The molecule has 23 heteroatoms. The van der Waals surface area contributed by atoms with Crippen LogP contribution in [-0.2, 0) is 86.3 Å². The molecule has 4 aromatic carbocycles. The number of anilines is 1. The summed E-state index contributed by atoms with van der Waals surface area (Å²) < 4.78 is 22.8. The molecule has 1 aliphatic heterocycles. The largest absolute Gasteiger partial charge is 0.499 e. The molecule has 0 saturated carbocycles. The Bertz CT molecular complexity index is 3460. The first-order valence-corrected chi connectivity index (χ1v) is 35.3. The summed E-state index contributed by atoms with van der Waals surface area (Å²) >= 11 is 0. The highest BCUT2D eigenvalue weighted by atomic mass is 16.5.